The van der Waals surface area contributed by atoms with Crippen LogP contribution >= 0.6 is 0 Å². The summed E-state index contributed by atoms with van der Waals surface area (Å²) in [5.41, 5.74) is -0.0520. The van der Waals surface area contributed by atoms with Crippen LogP contribution in [-0.2, 0) is 6.42 Å². The van der Waals surface area contributed by atoms with Crippen LogP contribution in [0.3, 0.4) is 0 Å². The van der Waals surface area contributed by atoms with E-state index in [1.807, 2.05) is 0 Å². The van der Waals surface area contributed by atoms with Crippen molar-refractivity contribution in [2.24, 2.45) is 0 Å². The number of β-amino-alcohol motifs (C(OH)–C–C–N with tert-alkyl or cyclic N) is 1. The molecular formula is C10H12F3N3O. The Morgan fingerprint density at radius 2 is 2.18 bits per heavy atom. The molecule has 94 valence electrons. The molecule has 17 heavy (non-hydrogen) atoms. The lowest BCUT2D eigenvalue weighted by Crippen LogP contribution is -2.23. The lowest BCUT2D eigenvalue weighted by atomic mass is 10.3. The van der Waals surface area contributed by atoms with Crippen molar-refractivity contribution in [3.05, 3.63) is 18.1 Å². The SMILES string of the molecule is OC1CCN(c2cc(CC(F)(F)F)ncn2)C1. The van der Waals surface area contributed by atoms with Crippen LogP contribution in [0.2, 0.25) is 0 Å². The second-order valence-corrected chi connectivity index (χ2v) is 4.05. The summed E-state index contributed by atoms with van der Waals surface area (Å²) >= 11 is 0. The van der Waals surface area contributed by atoms with Gasteiger partial charge in [0.15, 0.2) is 0 Å². The number of aliphatic hydroxyl groups is 1. The van der Waals surface area contributed by atoms with Gasteiger partial charge in [-0.3, -0.25) is 0 Å². The summed E-state index contributed by atoms with van der Waals surface area (Å²) in [6.07, 6.45) is -4.02. The Bertz CT molecular complexity index is 397. The van der Waals surface area contributed by atoms with Gasteiger partial charge in [0.2, 0.25) is 0 Å². The highest BCUT2D eigenvalue weighted by atomic mass is 19.4. The van der Waals surface area contributed by atoms with Crippen LogP contribution < -0.4 is 4.90 Å². The topological polar surface area (TPSA) is 49.2 Å². The third-order valence-corrected chi connectivity index (χ3v) is 2.58. The zero-order valence-corrected chi connectivity index (χ0v) is 8.98. The Kier molecular flexibility index (Phi) is 3.19. The molecule has 1 saturated heterocycles. The van der Waals surface area contributed by atoms with Gasteiger partial charge in [-0.15, -0.1) is 0 Å². The fraction of sp³-hybridized carbons (Fsp3) is 0.600. The zero-order valence-electron chi connectivity index (χ0n) is 8.98. The molecule has 0 radical (unpaired) electrons. The predicted octanol–water partition coefficient (Wildman–Crippen LogP) is 1.15. The van der Waals surface area contributed by atoms with Gasteiger partial charge in [-0.1, -0.05) is 0 Å². The van der Waals surface area contributed by atoms with Gasteiger partial charge in [-0.25, -0.2) is 9.97 Å². The van der Waals surface area contributed by atoms with E-state index in [-0.39, 0.29) is 5.69 Å². The normalized spacial score (nSPS) is 20.9. The van der Waals surface area contributed by atoms with E-state index < -0.39 is 18.7 Å². The Morgan fingerprint density at radius 1 is 1.41 bits per heavy atom. The molecule has 2 rings (SSSR count). The number of anilines is 1. The number of alkyl halides is 3. The number of hydrogen-bond acceptors (Lipinski definition) is 4. The summed E-state index contributed by atoms with van der Waals surface area (Å²) in [5.74, 6) is 0.441. The van der Waals surface area contributed by atoms with Gasteiger partial charge in [0.1, 0.15) is 12.1 Å². The number of hydrogen-bond donors (Lipinski definition) is 1. The van der Waals surface area contributed by atoms with Crippen molar-refractivity contribution < 1.29 is 18.3 Å². The number of aliphatic hydroxyl groups excluding tert-OH is 1. The maximum atomic E-state index is 12.2. The Labute approximate surface area is 96.1 Å². The van der Waals surface area contributed by atoms with Crippen molar-refractivity contribution in [2.75, 3.05) is 18.0 Å². The molecule has 1 fully saturated rings. The molecular weight excluding hydrogens is 235 g/mol. The molecule has 0 spiro atoms. The Balaban J connectivity index is 2.11. The minimum Gasteiger partial charge on any atom is -0.391 e. The van der Waals surface area contributed by atoms with Gasteiger partial charge in [0, 0.05) is 19.2 Å². The first-order valence-electron chi connectivity index (χ1n) is 5.25. The molecule has 1 unspecified atom stereocenters. The van der Waals surface area contributed by atoms with Gasteiger partial charge < -0.3 is 10.0 Å². The second kappa shape index (κ2) is 4.48. The van der Waals surface area contributed by atoms with E-state index in [0.717, 1.165) is 6.33 Å². The summed E-state index contributed by atoms with van der Waals surface area (Å²) < 4.78 is 36.6. The molecule has 0 saturated carbocycles. The smallest absolute Gasteiger partial charge is 0.391 e. The van der Waals surface area contributed by atoms with Crippen LogP contribution in [0.1, 0.15) is 12.1 Å². The summed E-state index contributed by atoms with van der Waals surface area (Å²) in [6, 6.07) is 1.32. The molecule has 1 aliphatic rings. The summed E-state index contributed by atoms with van der Waals surface area (Å²) in [4.78, 5) is 9.27. The largest absolute Gasteiger partial charge is 0.394 e. The standard InChI is InChI=1S/C10H12F3N3O/c11-10(12,13)4-7-3-9(15-6-14-7)16-2-1-8(17)5-16/h3,6,8,17H,1-2,4-5H2. The third kappa shape index (κ3) is 3.29. The van der Waals surface area contributed by atoms with Crippen LogP contribution in [-0.4, -0.2) is 40.4 Å². The predicted molar refractivity (Wildman–Crippen MR) is 54.6 cm³/mol. The highest BCUT2D eigenvalue weighted by Crippen LogP contribution is 2.23. The van der Waals surface area contributed by atoms with E-state index in [1.54, 1.807) is 4.90 Å². The fourth-order valence-corrected chi connectivity index (χ4v) is 1.81. The molecule has 7 heteroatoms. The van der Waals surface area contributed by atoms with Gasteiger partial charge in [-0.2, -0.15) is 13.2 Å². The Morgan fingerprint density at radius 3 is 2.76 bits per heavy atom. The molecule has 0 amide bonds. The minimum atomic E-state index is -4.27. The minimum absolute atomic E-state index is 0.0520. The van der Waals surface area contributed by atoms with Crippen molar-refractivity contribution in [1.82, 2.24) is 9.97 Å². The Hall–Kier alpha value is -1.37. The number of aromatic nitrogens is 2. The van der Waals surface area contributed by atoms with Crippen LogP contribution in [0.4, 0.5) is 19.0 Å². The molecule has 1 aromatic rings. The summed E-state index contributed by atoms with van der Waals surface area (Å²) in [5, 5.41) is 9.35. The molecule has 0 bridgehead atoms. The highest BCUT2D eigenvalue weighted by molar-refractivity contribution is 5.40. The number of halogens is 3. The van der Waals surface area contributed by atoms with E-state index in [1.165, 1.54) is 6.07 Å². The van der Waals surface area contributed by atoms with Gasteiger partial charge in [0.25, 0.3) is 0 Å². The maximum Gasteiger partial charge on any atom is 0.394 e. The average molecular weight is 247 g/mol. The van der Waals surface area contributed by atoms with Crippen molar-refractivity contribution in [3.8, 4) is 0 Å². The number of rotatable bonds is 2. The van der Waals surface area contributed by atoms with E-state index in [2.05, 4.69) is 9.97 Å². The first-order valence-corrected chi connectivity index (χ1v) is 5.25. The molecule has 1 aliphatic heterocycles. The quantitative estimate of drug-likeness (QED) is 0.851. The fourth-order valence-electron chi connectivity index (χ4n) is 1.81. The molecule has 0 aromatic carbocycles. The molecule has 2 heterocycles. The van der Waals surface area contributed by atoms with Crippen LogP contribution in [0.25, 0.3) is 0 Å². The van der Waals surface area contributed by atoms with Gasteiger partial charge >= 0.3 is 6.18 Å². The second-order valence-electron chi connectivity index (χ2n) is 4.05. The first-order chi connectivity index (χ1) is 7.94. The first kappa shape index (κ1) is 12.1. The van der Waals surface area contributed by atoms with Crippen molar-refractivity contribution in [2.45, 2.75) is 25.1 Å². The zero-order chi connectivity index (χ0) is 12.5. The van der Waals surface area contributed by atoms with Crippen LogP contribution in [0, 0.1) is 0 Å². The monoisotopic (exact) mass is 247 g/mol. The summed E-state index contributed by atoms with van der Waals surface area (Å²) in [6.45, 7) is 1.01. The van der Waals surface area contributed by atoms with E-state index in [0.29, 0.717) is 25.3 Å². The third-order valence-electron chi connectivity index (χ3n) is 2.58. The van der Waals surface area contributed by atoms with Crippen LogP contribution in [0.15, 0.2) is 12.4 Å². The van der Waals surface area contributed by atoms with E-state index in [4.69, 9.17) is 0 Å². The van der Waals surface area contributed by atoms with Crippen molar-refractivity contribution in [3.63, 3.8) is 0 Å². The van der Waals surface area contributed by atoms with E-state index >= 15 is 0 Å². The average Bonchev–Trinajstić information content (AvgIpc) is 2.63. The lowest BCUT2D eigenvalue weighted by Gasteiger charge is -2.17. The van der Waals surface area contributed by atoms with Gasteiger partial charge in [-0.05, 0) is 6.42 Å². The molecule has 1 aromatic heterocycles. The van der Waals surface area contributed by atoms with Crippen LogP contribution in [0.5, 0.6) is 0 Å². The molecule has 4 nitrogen and oxygen atoms in total. The van der Waals surface area contributed by atoms with Gasteiger partial charge in [0.05, 0.1) is 18.2 Å². The number of nitrogens with zero attached hydrogens (tertiary/aromatic N) is 3. The highest BCUT2D eigenvalue weighted by Gasteiger charge is 2.29. The molecule has 1 N–H and O–H groups in total. The maximum absolute atomic E-state index is 12.2. The molecule has 0 aliphatic carbocycles. The van der Waals surface area contributed by atoms with E-state index in [9.17, 15) is 18.3 Å². The molecule has 1 atom stereocenters. The lowest BCUT2D eigenvalue weighted by molar-refractivity contribution is -0.127. The summed E-state index contributed by atoms with van der Waals surface area (Å²) in [7, 11) is 0. The van der Waals surface area contributed by atoms with Crippen molar-refractivity contribution >= 4 is 5.82 Å². The van der Waals surface area contributed by atoms with Crippen molar-refractivity contribution in [1.29, 1.82) is 0 Å².